The summed E-state index contributed by atoms with van der Waals surface area (Å²) in [5.41, 5.74) is 1.17. The van der Waals surface area contributed by atoms with Crippen LogP contribution in [0.3, 0.4) is 0 Å². The fourth-order valence-corrected chi connectivity index (χ4v) is 2.93. The van der Waals surface area contributed by atoms with Crippen molar-refractivity contribution in [2.75, 3.05) is 39.5 Å². The first-order valence-corrected chi connectivity index (χ1v) is 8.69. The number of hydrogen-bond acceptors (Lipinski definition) is 5. The van der Waals surface area contributed by atoms with E-state index in [-0.39, 0.29) is 31.1 Å². The van der Waals surface area contributed by atoms with Crippen LogP contribution < -0.4 is 14.8 Å². The standard InChI is InChI=1S/C18H25N3O4/c1-13(2)18(23)19-10-17(22)21-7-5-20(6-8-21)11-14-3-4-15-16(9-14)25-12-24-15/h3-4,9,13H,5-8,10-12H2,1-2H3,(H,19,23). The van der Waals surface area contributed by atoms with Crippen molar-refractivity contribution in [3.63, 3.8) is 0 Å². The summed E-state index contributed by atoms with van der Waals surface area (Å²) in [5.74, 6) is 1.38. The van der Waals surface area contributed by atoms with Crippen LogP contribution in [0.15, 0.2) is 18.2 Å². The van der Waals surface area contributed by atoms with Gasteiger partial charge in [0, 0.05) is 38.6 Å². The number of nitrogens with one attached hydrogen (secondary N) is 1. The molecule has 0 unspecified atom stereocenters. The van der Waals surface area contributed by atoms with Crippen molar-refractivity contribution in [1.29, 1.82) is 0 Å². The Bertz CT molecular complexity index is 639. The number of benzene rings is 1. The molecule has 2 amide bonds. The molecule has 7 nitrogen and oxygen atoms in total. The smallest absolute Gasteiger partial charge is 0.242 e. The number of fused-ring (bicyclic) bond motifs is 1. The van der Waals surface area contributed by atoms with Gasteiger partial charge in [-0.1, -0.05) is 19.9 Å². The van der Waals surface area contributed by atoms with Crippen LogP contribution in [0.1, 0.15) is 19.4 Å². The predicted octanol–water partition coefficient (Wildman–Crippen LogP) is 0.832. The molecule has 7 heteroatoms. The molecule has 0 atom stereocenters. The van der Waals surface area contributed by atoms with Crippen LogP contribution >= 0.6 is 0 Å². The molecule has 0 radical (unpaired) electrons. The summed E-state index contributed by atoms with van der Waals surface area (Å²) < 4.78 is 10.7. The van der Waals surface area contributed by atoms with Crippen LogP contribution in [0.25, 0.3) is 0 Å². The molecular weight excluding hydrogens is 322 g/mol. The zero-order chi connectivity index (χ0) is 17.8. The summed E-state index contributed by atoms with van der Waals surface area (Å²) in [4.78, 5) is 27.9. The highest BCUT2D eigenvalue weighted by Gasteiger charge is 2.22. The number of carbonyl (C=O) groups excluding carboxylic acids is 2. The molecule has 2 aliphatic heterocycles. The fourth-order valence-electron chi connectivity index (χ4n) is 2.93. The molecular formula is C18H25N3O4. The second-order valence-electron chi connectivity index (χ2n) is 6.72. The van der Waals surface area contributed by atoms with Gasteiger partial charge in [-0.25, -0.2) is 0 Å². The lowest BCUT2D eigenvalue weighted by Gasteiger charge is -2.34. The van der Waals surface area contributed by atoms with Crippen LogP contribution in [0.5, 0.6) is 11.5 Å². The largest absolute Gasteiger partial charge is 0.454 e. The molecule has 1 saturated heterocycles. The van der Waals surface area contributed by atoms with Gasteiger partial charge in [-0.15, -0.1) is 0 Å². The van der Waals surface area contributed by atoms with Crippen molar-refractivity contribution in [3.05, 3.63) is 23.8 Å². The van der Waals surface area contributed by atoms with Crippen LogP contribution in [-0.4, -0.2) is 61.1 Å². The molecule has 0 aliphatic carbocycles. The van der Waals surface area contributed by atoms with Crippen LogP contribution in [0, 0.1) is 5.92 Å². The van der Waals surface area contributed by atoms with E-state index in [1.807, 2.05) is 36.9 Å². The number of nitrogens with zero attached hydrogens (tertiary/aromatic N) is 2. The number of carbonyl (C=O) groups is 2. The van der Waals surface area contributed by atoms with Gasteiger partial charge >= 0.3 is 0 Å². The van der Waals surface area contributed by atoms with Gasteiger partial charge in [0.05, 0.1) is 6.54 Å². The summed E-state index contributed by atoms with van der Waals surface area (Å²) in [7, 11) is 0. The van der Waals surface area contributed by atoms with E-state index in [2.05, 4.69) is 10.2 Å². The molecule has 0 bridgehead atoms. The van der Waals surface area contributed by atoms with Crippen LogP contribution in [0.4, 0.5) is 0 Å². The third kappa shape index (κ3) is 4.42. The number of piperazine rings is 1. The van der Waals surface area contributed by atoms with Gasteiger partial charge < -0.3 is 19.7 Å². The van der Waals surface area contributed by atoms with E-state index in [0.717, 1.165) is 31.1 Å². The predicted molar refractivity (Wildman–Crippen MR) is 92.3 cm³/mol. The molecule has 25 heavy (non-hydrogen) atoms. The number of hydrogen-bond donors (Lipinski definition) is 1. The van der Waals surface area contributed by atoms with Crippen LogP contribution in [-0.2, 0) is 16.1 Å². The van der Waals surface area contributed by atoms with E-state index >= 15 is 0 Å². The number of rotatable bonds is 5. The zero-order valence-corrected chi connectivity index (χ0v) is 14.8. The first-order chi connectivity index (χ1) is 12.0. The Hall–Kier alpha value is -2.28. The third-order valence-corrected chi connectivity index (χ3v) is 4.51. The van der Waals surface area contributed by atoms with Crippen molar-refractivity contribution in [1.82, 2.24) is 15.1 Å². The quantitative estimate of drug-likeness (QED) is 0.854. The molecule has 0 aromatic heterocycles. The normalized spacial score (nSPS) is 17.0. The average Bonchev–Trinajstić information content (AvgIpc) is 3.07. The van der Waals surface area contributed by atoms with Gasteiger partial charge in [0.2, 0.25) is 18.6 Å². The Balaban J connectivity index is 1.44. The lowest BCUT2D eigenvalue weighted by molar-refractivity contribution is -0.135. The SMILES string of the molecule is CC(C)C(=O)NCC(=O)N1CCN(Cc2ccc3c(c2)OCO3)CC1. The van der Waals surface area contributed by atoms with Crippen molar-refractivity contribution in [2.45, 2.75) is 20.4 Å². The molecule has 1 N–H and O–H groups in total. The average molecular weight is 347 g/mol. The highest BCUT2D eigenvalue weighted by Crippen LogP contribution is 2.32. The van der Waals surface area contributed by atoms with E-state index in [9.17, 15) is 9.59 Å². The van der Waals surface area contributed by atoms with E-state index in [0.29, 0.717) is 13.1 Å². The number of ether oxygens (including phenoxy) is 2. The molecule has 136 valence electrons. The Morgan fingerprint density at radius 3 is 2.56 bits per heavy atom. The van der Waals surface area contributed by atoms with Gasteiger partial charge in [-0.05, 0) is 17.7 Å². The van der Waals surface area contributed by atoms with Crippen LogP contribution in [0.2, 0.25) is 0 Å². The van der Waals surface area contributed by atoms with Gasteiger partial charge in [0.1, 0.15) is 0 Å². The molecule has 1 aromatic carbocycles. The molecule has 1 aromatic rings. The third-order valence-electron chi connectivity index (χ3n) is 4.51. The minimum Gasteiger partial charge on any atom is -0.454 e. The maximum atomic E-state index is 12.2. The summed E-state index contributed by atoms with van der Waals surface area (Å²) in [6, 6.07) is 6.00. The second kappa shape index (κ2) is 7.74. The molecule has 0 saturated carbocycles. The summed E-state index contributed by atoms with van der Waals surface area (Å²) >= 11 is 0. The maximum Gasteiger partial charge on any atom is 0.242 e. The summed E-state index contributed by atoms with van der Waals surface area (Å²) in [6.45, 7) is 7.82. The molecule has 3 rings (SSSR count). The Kier molecular flexibility index (Phi) is 5.43. The molecule has 1 fully saturated rings. The van der Waals surface area contributed by atoms with E-state index < -0.39 is 0 Å². The van der Waals surface area contributed by atoms with Crippen molar-refractivity contribution >= 4 is 11.8 Å². The van der Waals surface area contributed by atoms with Gasteiger partial charge in [0.25, 0.3) is 0 Å². The van der Waals surface area contributed by atoms with E-state index in [4.69, 9.17) is 9.47 Å². The number of amides is 2. The lowest BCUT2D eigenvalue weighted by atomic mass is 10.1. The maximum absolute atomic E-state index is 12.2. The van der Waals surface area contributed by atoms with E-state index in [1.165, 1.54) is 5.56 Å². The Morgan fingerprint density at radius 1 is 1.12 bits per heavy atom. The second-order valence-corrected chi connectivity index (χ2v) is 6.72. The zero-order valence-electron chi connectivity index (χ0n) is 14.8. The van der Waals surface area contributed by atoms with Gasteiger partial charge in [-0.2, -0.15) is 0 Å². The fraction of sp³-hybridized carbons (Fsp3) is 0.556. The van der Waals surface area contributed by atoms with E-state index in [1.54, 1.807) is 0 Å². The van der Waals surface area contributed by atoms with Crippen molar-refractivity contribution in [3.8, 4) is 11.5 Å². The van der Waals surface area contributed by atoms with Crippen molar-refractivity contribution in [2.24, 2.45) is 5.92 Å². The Morgan fingerprint density at radius 2 is 1.84 bits per heavy atom. The topological polar surface area (TPSA) is 71.1 Å². The highest BCUT2D eigenvalue weighted by atomic mass is 16.7. The first-order valence-electron chi connectivity index (χ1n) is 8.69. The monoisotopic (exact) mass is 347 g/mol. The lowest BCUT2D eigenvalue weighted by Crippen LogP contribution is -2.51. The Labute approximate surface area is 147 Å². The first kappa shape index (κ1) is 17.5. The molecule has 0 spiro atoms. The highest BCUT2D eigenvalue weighted by molar-refractivity contribution is 5.85. The van der Waals surface area contributed by atoms with Crippen molar-refractivity contribution < 1.29 is 19.1 Å². The minimum absolute atomic E-state index is 0.0169. The summed E-state index contributed by atoms with van der Waals surface area (Å²) in [5, 5.41) is 2.68. The van der Waals surface area contributed by atoms with Gasteiger partial charge in [-0.3, -0.25) is 14.5 Å². The molecule has 2 heterocycles. The molecule has 2 aliphatic rings. The minimum atomic E-state index is -0.105. The van der Waals surface area contributed by atoms with Gasteiger partial charge in [0.15, 0.2) is 11.5 Å². The summed E-state index contributed by atoms with van der Waals surface area (Å²) in [6.07, 6.45) is 0.